The van der Waals surface area contributed by atoms with E-state index in [0.717, 1.165) is 24.6 Å². The average Bonchev–Trinajstić information content (AvgIpc) is 3.03. The highest BCUT2D eigenvalue weighted by atomic mass is 16.5. The van der Waals surface area contributed by atoms with Crippen molar-refractivity contribution in [1.82, 2.24) is 29.7 Å². The molecule has 9 heteroatoms. The van der Waals surface area contributed by atoms with Crippen molar-refractivity contribution in [1.29, 1.82) is 0 Å². The number of fused-ring (bicyclic) bond motifs is 1. The third-order valence-electron chi connectivity index (χ3n) is 4.27. The van der Waals surface area contributed by atoms with Gasteiger partial charge in [0.25, 0.3) is 5.91 Å². The highest BCUT2D eigenvalue weighted by Crippen LogP contribution is 2.13. The van der Waals surface area contributed by atoms with Gasteiger partial charge in [-0.15, -0.1) is 0 Å². The first-order valence-electron chi connectivity index (χ1n) is 8.44. The lowest BCUT2D eigenvalue weighted by molar-refractivity contribution is 0.0944. The van der Waals surface area contributed by atoms with Crippen LogP contribution in [0, 0.1) is 6.92 Å². The Morgan fingerprint density at radius 1 is 1.27 bits per heavy atom. The predicted octanol–water partition coefficient (Wildman–Crippen LogP) is 0.594. The van der Waals surface area contributed by atoms with Gasteiger partial charge in [-0.05, 0) is 13.0 Å². The number of hydrogen-bond donors (Lipinski definition) is 1. The van der Waals surface area contributed by atoms with Crippen molar-refractivity contribution in [3.8, 4) is 0 Å². The van der Waals surface area contributed by atoms with Gasteiger partial charge in [0, 0.05) is 31.5 Å². The summed E-state index contributed by atoms with van der Waals surface area (Å²) in [4.78, 5) is 31.8. The lowest BCUT2D eigenvalue weighted by Gasteiger charge is -2.27. The number of anilines is 1. The average molecular weight is 353 g/mol. The highest BCUT2D eigenvalue weighted by molar-refractivity contribution is 5.94. The van der Waals surface area contributed by atoms with Gasteiger partial charge in [-0.3, -0.25) is 9.20 Å². The van der Waals surface area contributed by atoms with Crippen LogP contribution in [0.3, 0.4) is 0 Å². The minimum absolute atomic E-state index is 0.213. The molecule has 0 spiro atoms. The number of nitrogens with one attached hydrogen (secondary N) is 1. The molecule has 0 radical (unpaired) electrons. The molecule has 3 aromatic heterocycles. The molecule has 0 saturated carbocycles. The molecule has 4 rings (SSSR count). The van der Waals surface area contributed by atoms with E-state index in [9.17, 15) is 4.79 Å². The fraction of sp³-hybridized carbons (Fsp3) is 0.353. The van der Waals surface area contributed by atoms with Gasteiger partial charge in [-0.1, -0.05) is 0 Å². The van der Waals surface area contributed by atoms with E-state index >= 15 is 0 Å². The molecular weight excluding hydrogens is 334 g/mol. The van der Waals surface area contributed by atoms with Gasteiger partial charge in [0.1, 0.15) is 17.8 Å². The first-order chi connectivity index (χ1) is 12.7. The number of rotatable bonds is 4. The largest absolute Gasteiger partial charge is 0.378 e. The number of ether oxygens (including phenoxy) is 1. The van der Waals surface area contributed by atoms with Crippen molar-refractivity contribution in [2.45, 2.75) is 13.5 Å². The molecule has 1 N–H and O–H groups in total. The maximum absolute atomic E-state index is 12.6. The SMILES string of the molecule is Cc1nc2ncccn2c1C(=O)NCc1cc(N2CCOCC2)ncn1. The molecule has 0 aromatic carbocycles. The van der Waals surface area contributed by atoms with Crippen molar-refractivity contribution < 1.29 is 9.53 Å². The van der Waals surface area contributed by atoms with E-state index in [0.29, 0.717) is 36.9 Å². The number of nitrogens with zero attached hydrogens (tertiary/aromatic N) is 6. The van der Waals surface area contributed by atoms with Crippen LogP contribution in [0.4, 0.5) is 5.82 Å². The van der Waals surface area contributed by atoms with E-state index in [1.807, 2.05) is 6.07 Å². The summed E-state index contributed by atoms with van der Waals surface area (Å²) in [6, 6.07) is 3.67. The number of hydrogen-bond acceptors (Lipinski definition) is 7. The summed E-state index contributed by atoms with van der Waals surface area (Å²) in [5, 5.41) is 2.90. The van der Waals surface area contributed by atoms with Crippen molar-refractivity contribution in [3.05, 3.63) is 47.9 Å². The second-order valence-corrected chi connectivity index (χ2v) is 5.99. The van der Waals surface area contributed by atoms with Crippen LogP contribution in [0.1, 0.15) is 21.9 Å². The van der Waals surface area contributed by atoms with Gasteiger partial charge in [-0.25, -0.2) is 19.9 Å². The quantitative estimate of drug-likeness (QED) is 0.733. The molecule has 0 aliphatic carbocycles. The van der Waals surface area contributed by atoms with Crippen molar-refractivity contribution >= 4 is 17.5 Å². The van der Waals surface area contributed by atoms with Crippen LogP contribution >= 0.6 is 0 Å². The molecule has 0 atom stereocenters. The van der Waals surface area contributed by atoms with Crippen LogP contribution in [0.2, 0.25) is 0 Å². The Morgan fingerprint density at radius 2 is 2.12 bits per heavy atom. The zero-order valence-corrected chi connectivity index (χ0v) is 14.4. The van der Waals surface area contributed by atoms with Gasteiger partial charge in [0.15, 0.2) is 0 Å². The molecule has 0 bridgehead atoms. The maximum atomic E-state index is 12.6. The Kier molecular flexibility index (Phi) is 4.44. The summed E-state index contributed by atoms with van der Waals surface area (Å²) in [5.41, 5.74) is 1.87. The minimum Gasteiger partial charge on any atom is -0.378 e. The first-order valence-corrected chi connectivity index (χ1v) is 8.44. The Morgan fingerprint density at radius 3 is 2.96 bits per heavy atom. The van der Waals surface area contributed by atoms with Crippen molar-refractivity contribution in [2.75, 3.05) is 31.2 Å². The summed E-state index contributed by atoms with van der Waals surface area (Å²) < 4.78 is 7.05. The van der Waals surface area contributed by atoms with Crippen LogP contribution in [-0.2, 0) is 11.3 Å². The monoisotopic (exact) mass is 353 g/mol. The number of aryl methyl sites for hydroxylation is 1. The van der Waals surface area contributed by atoms with Crippen LogP contribution < -0.4 is 10.2 Å². The number of morpholine rings is 1. The van der Waals surface area contributed by atoms with Crippen LogP contribution in [-0.4, -0.2) is 56.5 Å². The van der Waals surface area contributed by atoms with Crippen LogP contribution in [0.15, 0.2) is 30.9 Å². The molecule has 1 saturated heterocycles. The molecule has 1 amide bonds. The predicted molar refractivity (Wildman–Crippen MR) is 94.0 cm³/mol. The lowest BCUT2D eigenvalue weighted by Crippen LogP contribution is -2.37. The van der Waals surface area contributed by atoms with Gasteiger partial charge >= 0.3 is 0 Å². The summed E-state index contributed by atoms with van der Waals surface area (Å²) in [6.45, 7) is 5.10. The molecule has 1 fully saturated rings. The molecule has 134 valence electrons. The van der Waals surface area contributed by atoms with E-state index in [4.69, 9.17) is 4.74 Å². The number of imidazole rings is 1. The maximum Gasteiger partial charge on any atom is 0.270 e. The molecular formula is C17H19N7O2. The van der Waals surface area contributed by atoms with E-state index in [1.165, 1.54) is 6.33 Å². The number of carbonyl (C=O) groups is 1. The van der Waals surface area contributed by atoms with Crippen LogP contribution in [0.5, 0.6) is 0 Å². The Hall–Kier alpha value is -3.07. The molecule has 26 heavy (non-hydrogen) atoms. The Labute approximate surface area is 150 Å². The van der Waals surface area contributed by atoms with Gasteiger partial charge in [-0.2, -0.15) is 0 Å². The van der Waals surface area contributed by atoms with Gasteiger partial charge in [0.2, 0.25) is 5.78 Å². The van der Waals surface area contributed by atoms with E-state index in [-0.39, 0.29) is 5.91 Å². The molecule has 1 aliphatic heterocycles. The van der Waals surface area contributed by atoms with Crippen LogP contribution in [0.25, 0.3) is 5.78 Å². The lowest BCUT2D eigenvalue weighted by atomic mass is 10.3. The number of amides is 1. The Bertz CT molecular complexity index is 934. The zero-order valence-electron chi connectivity index (χ0n) is 14.4. The normalized spacial score (nSPS) is 14.6. The second kappa shape index (κ2) is 7.04. The second-order valence-electron chi connectivity index (χ2n) is 5.99. The standard InChI is InChI=1S/C17H19N7O2/c1-12-15(24-4-2-3-18-17(24)22-12)16(25)19-10-13-9-14(21-11-20-13)23-5-7-26-8-6-23/h2-4,9,11H,5-8,10H2,1H3,(H,19,25). The smallest absolute Gasteiger partial charge is 0.270 e. The molecule has 0 unspecified atom stereocenters. The van der Waals surface area contributed by atoms with Gasteiger partial charge < -0.3 is 15.0 Å². The van der Waals surface area contributed by atoms with Crippen molar-refractivity contribution in [2.24, 2.45) is 0 Å². The minimum atomic E-state index is -0.213. The van der Waals surface area contributed by atoms with Gasteiger partial charge in [0.05, 0.1) is 31.1 Å². The van der Waals surface area contributed by atoms with E-state index in [1.54, 1.807) is 29.8 Å². The third-order valence-corrected chi connectivity index (χ3v) is 4.27. The summed E-state index contributed by atoms with van der Waals surface area (Å²) >= 11 is 0. The van der Waals surface area contributed by atoms with E-state index < -0.39 is 0 Å². The fourth-order valence-corrected chi connectivity index (χ4v) is 2.97. The molecule has 1 aliphatic rings. The topological polar surface area (TPSA) is 97.5 Å². The third kappa shape index (κ3) is 3.21. The summed E-state index contributed by atoms with van der Waals surface area (Å²) in [6.07, 6.45) is 4.95. The van der Waals surface area contributed by atoms with Crippen molar-refractivity contribution in [3.63, 3.8) is 0 Å². The number of carbonyl (C=O) groups excluding carboxylic acids is 1. The zero-order chi connectivity index (χ0) is 17.9. The fourth-order valence-electron chi connectivity index (χ4n) is 2.97. The molecule has 4 heterocycles. The highest BCUT2D eigenvalue weighted by Gasteiger charge is 2.17. The Balaban J connectivity index is 1.48. The molecule has 3 aromatic rings. The summed E-state index contributed by atoms with van der Waals surface area (Å²) in [5.74, 6) is 1.14. The first kappa shape index (κ1) is 16.4. The number of aromatic nitrogens is 5. The molecule has 9 nitrogen and oxygen atoms in total. The van der Waals surface area contributed by atoms with E-state index in [2.05, 4.69) is 30.2 Å². The summed E-state index contributed by atoms with van der Waals surface area (Å²) in [7, 11) is 0.